The van der Waals surface area contributed by atoms with Crippen LogP contribution in [0.15, 0.2) is 0 Å². The lowest BCUT2D eigenvalue weighted by Crippen LogP contribution is -2.44. The second kappa shape index (κ2) is 10.0. The summed E-state index contributed by atoms with van der Waals surface area (Å²) in [5, 5.41) is 0. The lowest BCUT2D eigenvalue weighted by atomic mass is 9.81. The number of rotatable bonds is 11. The molecule has 0 spiro atoms. The van der Waals surface area contributed by atoms with Crippen molar-refractivity contribution in [1.82, 2.24) is 0 Å². The lowest BCUT2D eigenvalue weighted by Gasteiger charge is -2.29. The zero-order valence-electron chi connectivity index (χ0n) is 14.0. The molecule has 1 aliphatic heterocycles. The molecule has 20 heavy (non-hydrogen) atoms. The van der Waals surface area contributed by atoms with Crippen molar-refractivity contribution < 1.29 is 4.74 Å². The van der Waals surface area contributed by atoms with Gasteiger partial charge in [-0.1, -0.05) is 58.3 Å². The fourth-order valence-electron chi connectivity index (χ4n) is 3.08. The monoisotopic (exact) mass is 305 g/mol. The number of halogens is 1. The van der Waals surface area contributed by atoms with Crippen LogP contribution in [0.4, 0.5) is 0 Å². The molecule has 2 N–H and O–H groups in total. The normalized spacial score (nSPS) is 23.2. The topological polar surface area (TPSA) is 38.5 Å². The molecule has 3 atom stereocenters. The van der Waals surface area contributed by atoms with Crippen molar-refractivity contribution in [1.29, 1.82) is 0 Å². The van der Waals surface area contributed by atoms with Crippen LogP contribution in [0.2, 0.25) is 0 Å². The number of epoxide rings is 1. The van der Waals surface area contributed by atoms with Crippen molar-refractivity contribution in [2.75, 3.05) is 0 Å². The Balaban J connectivity index is 0.00000361. The summed E-state index contributed by atoms with van der Waals surface area (Å²) in [4.78, 5) is 0. The zero-order valence-corrected chi connectivity index (χ0v) is 14.8. The van der Waals surface area contributed by atoms with Crippen LogP contribution in [-0.4, -0.2) is 17.7 Å². The SMILES string of the molecule is CCCCCCCCCCC(C1OC1C)C(C)(C)N.Cl. The predicted octanol–water partition coefficient (Wildman–Crippen LogP) is 5.08. The minimum Gasteiger partial charge on any atom is -0.370 e. The Morgan fingerprint density at radius 1 is 1.00 bits per heavy atom. The van der Waals surface area contributed by atoms with Gasteiger partial charge in [-0.25, -0.2) is 0 Å². The van der Waals surface area contributed by atoms with Gasteiger partial charge in [0.1, 0.15) is 0 Å². The second-order valence-corrected chi connectivity index (χ2v) is 7.00. The molecule has 122 valence electrons. The summed E-state index contributed by atoms with van der Waals surface area (Å²) in [6.07, 6.45) is 13.1. The molecule has 1 saturated heterocycles. The van der Waals surface area contributed by atoms with Gasteiger partial charge >= 0.3 is 0 Å². The highest BCUT2D eigenvalue weighted by Crippen LogP contribution is 2.37. The molecule has 3 unspecified atom stereocenters. The van der Waals surface area contributed by atoms with Crippen LogP contribution in [-0.2, 0) is 4.74 Å². The van der Waals surface area contributed by atoms with E-state index in [1.54, 1.807) is 0 Å². The first kappa shape index (κ1) is 20.2. The van der Waals surface area contributed by atoms with Crippen LogP contribution < -0.4 is 5.73 Å². The van der Waals surface area contributed by atoms with E-state index in [4.69, 9.17) is 10.5 Å². The minimum absolute atomic E-state index is 0. The molecular formula is C17H36ClNO. The van der Waals surface area contributed by atoms with E-state index in [1.165, 1.54) is 57.8 Å². The van der Waals surface area contributed by atoms with Crippen molar-refractivity contribution in [3.63, 3.8) is 0 Å². The first-order chi connectivity index (χ1) is 8.96. The van der Waals surface area contributed by atoms with Gasteiger partial charge in [0.15, 0.2) is 0 Å². The standard InChI is InChI=1S/C17H35NO.ClH/c1-5-6-7-8-9-10-11-12-13-15(17(3,4)18)16-14(2)19-16;/h14-16H,5-13,18H2,1-4H3;1H. The van der Waals surface area contributed by atoms with E-state index in [-0.39, 0.29) is 17.9 Å². The summed E-state index contributed by atoms with van der Waals surface area (Å²) in [5.74, 6) is 0.530. The summed E-state index contributed by atoms with van der Waals surface area (Å²) >= 11 is 0. The molecule has 1 aliphatic rings. The first-order valence-electron chi connectivity index (χ1n) is 8.41. The summed E-state index contributed by atoms with van der Waals surface area (Å²) in [5.41, 5.74) is 6.20. The van der Waals surface area contributed by atoms with Gasteiger partial charge in [-0.05, 0) is 27.2 Å². The van der Waals surface area contributed by atoms with E-state index in [0.717, 1.165) is 0 Å². The Morgan fingerprint density at radius 2 is 1.45 bits per heavy atom. The maximum absolute atomic E-state index is 6.30. The fraction of sp³-hybridized carbons (Fsp3) is 1.00. The average molecular weight is 306 g/mol. The molecular weight excluding hydrogens is 270 g/mol. The van der Waals surface area contributed by atoms with Gasteiger partial charge in [0.25, 0.3) is 0 Å². The zero-order chi connectivity index (χ0) is 14.3. The largest absolute Gasteiger partial charge is 0.370 e. The highest BCUT2D eigenvalue weighted by Gasteiger charge is 2.45. The Hall–Kier alpha value is 0.210. The van der Waals surface area contributed by atoms with Gasteiger partial charge in [-0.15, -0.1) is 12.4 Å². The second-order valence-electron chi connectivity index (χ2n) is 7.00. The van der Waals surface area contributed by atoms with E-state index >= 15 is 0 Å². The van der Waals surface area contributed by atoms with Gasteiger partial charge in [0, 0.05) is 11.5 Å². The summed E-state index contributed by atoms with van der Waals surface area (Å²) in [6, 6.07) is 0. The molecule has 0 aromatic rings. The number of ether oxygens (including phenoxy) is 1. The summed E-state index contributed by atoms with van der Waals surface area (Å²) in [7, 11) is 0. The van der Waals surface area contributed by atoms with Crippen molar-refractivity contribution >= 4 is 12.4 Å². The fourth-order valence-corrected chi connectivity index (χ4v) is 3.08. The van der Waals surface area contributed by atoms with Crippen molar-refractivity contribution in [3.05, 3.63) is 0 Å². The summed E-state index contributed by atoms with van der Waals surface area (Å²) < 4.78 is 5.65. The first-order valence-corrected chi connectivity index (χ1v) is 8.41. The lowest BCUT2D eigenvalue weighted by molar-refractivity contribution is 0.220. The molecule has 0 aromatic carbocycles. The van der Waals surface area contributed by atoms with Crippen molar-refractivity contribution in [2.45, 2.75) is 103 Å². The Bertz CT molecular complexity index is 240. The van der Waals surface area contributed by atoms with Crippen LogP contribution in [0.5, 0.6) is 0 Å². The minimum atomic E-state index is -0.101. The van der Waals surface area contributed by atoms with E-state index in [2.05, 4.69) is 27.7 Å². The highest BCUT2D eigenvalue weighted by molar-refractivity contribution is 5.85. The molecule has 0 saturated carbocycles. The van der Waals surface area contributed by atoms with Gasteiger partial charge < -0.3 is 10.5 Å². The predicted molar refractivity (Wildman–Crippen MR) is 90.6 cm³/mol. The third kappa shape index (κ3) is 7.85. The molecule has 0 aromatic heterocycles. The van der Waals surface area contributed by atoms with Crippen LogP contribution in [0.1, 0.15) is 85.5 Å². The quantitative estimate of drug-likeness (QED) is 0.427. The molecule has 0 aliphatic carbocycles. The molecule has 1 rings (SSSR count). The molecule has 1 fully saturated rings. The smallest absolute Gasteiger partial charge is 0.0884 e. The molecule has 0 amide bonds. The molecule has 0 bridgehead atoms. The number of unbranched alkanes of at least 4 members (excludes halogenated alkanes) is 7. The number of hydrogen-bond donors (Lipinski definition) is 1. The molecule has 3 heteroatoms. The third-order valence-corrected chi connectivity index (χ3v) is 4.48. The van der Waals surface area contributed by atoms with Crippen LogP contribution in [0, 0.1) is 5.92 Å². The maximum atomic E-state index is 6.30. The van der Waals surface area contributed by atoms with E-state index < -0.39 is 0 Å². The van der Waals surface area contributed by atoms with Crippen LogP contribution in [0.3, 0.4) is 0 Å². The van der Waals surface area contributed by atoms with Crippen LogP contribution >= 0.6 is 12.4 Å². The molecule has 2 nitrogen and oxygen atoms in total. The number of nitrogens with two attached hydrogens (primary N) is 1. The Labute approximate surface area is 132 Å². The average Bonchev–Trinajstić information content (AvgIpc) is 3.02. The molecule has 0 radical (unpaired) electrons. The maximum Gasteiger partial charge on any atom is 0.0884 e. The molecule has 1 heterocycles. The summed E-state index contributed by atoms with van der Waals surface area (Å²) in [6.45, 7) is 8.74. The van der Waals surface area contributed by atoms with Crippen molar-refractivity contribution in [3.8, 4) is 0 Å². The van der Waals surface area contributed by atoms with E-state index in [0.29, 0.717) is 18.1 Å². The Morgan fingerprint density at radius 3 is 1.85 bits per heavy atom. The van der Waals surface area contributed by atoms with Crippen LogP contribution in [0.25, 0.3) is 0 Å². The highest BCUT2D eigenvalue weighted by atomic mass is 35.5. The van der Waals surface area contributed by atoms with E-state index in [9.17, 15) is 0 Å². The van der Waals surface area contributed by atoms with Crippen molar-refractivity contribution in [2.24, 2.45) is 11.7 Å². The third-order valence-electron chi connectivity index (χ3n) is 4.48. The van der Waals surface area contributed by atoms with Gasteiger partial charge in [0.05, 0.1) is 12.2 Å². The Kier molecular flexibility index (Phi) is 10.1. The van der Waals surface area contributed by atoms with E-state index in [1.807, 2.05) is 0 Å². The van der Waals surface area contributed by atoms with Gasteiger partial charge in [-0.3, -0.25) is 0 Å². The van der Waals surface area contributed by atoms with Gasteiger partial charge in [0.2, 0.25) is 0 Å². The number of hydrogen-bond acceptors (Lipinski definition) is 2. The van der Waals surface area contributed by atoms with Gasteiger partial charge in [-0.2, -0.15) is 0 Å².